The lowest BCUT2D eigenvalue weighted by atomic mass is 9.99. The Morgan fingerprint density at radius 1 is 1.13 bits per heavy atom. The van der Waals surface area contributed by atoms with Gasteiger partial charge in [-0.05, 0) is 41.8 Å². The number of amides is 1. The molecule has 6 heteroatoms. The molecule has 0 aliphatic carbocycles. The summed E-state index contributed by atoms with van der Waals surface area (Å²) in [6, 6.07) is 12.1. The normalized spacial score (nSPS) is 13.3. The number of fused-ring (bicyclic) bond motifs is 1. The van der Waals surface area contributed by atoms with Gasteiger partial charge in [-0.25, -0.2) is 4.79 Å². The largest absolute Gasteiger partial charge is 0.511 e. The average molecular weight is 332 g/mol. The number of benzene rings is 2. The Hall–Kier alpha value is -2.53. The van der Waals surface area contributed by atoms with E-state index >= 15 is 0 Å². The van der Waals surface area contributed by atoms with Gasteiger partial charge in [-0.3, -0.25) is 4.79 Å². The second kappa shape index (κ2) is 6.30. The van der Waals surface area contributed by atoms with Crippen LogP contribution in [-0.4, -0.2) is 28.6 Å². The maximum atomic E-state index is 12.6. The van der Waals surface area contributed by atoms with E-state index in [1.54, 1.807) is 41.3 Å². The van der Waals surface area contributed by atoms with Crippen LogP contribution in [0.5, 0.6) is 5.75 Å². The zero-order chi connectivity index (χ0) is 16.4. The Balaban J connectivity index is 1.83. The number of carbonyl (C=O) groups excluding carboxylic acids is 1. The van der Waals surface area contributed by atoms with Crippen molar-refractivity contribution in [2.24, 2.45) is 0 Å². The lowest BCUT2D eigenvalue weighted by molar-refractivity contribution is 0.0734. The van der Waals surface area contributed by atoms with Crippen molar-refractivity contribution in [1.82, 2.24) is 4.90 Å². The first-order valence-electron chi connectivity index (χ1n) is 7.11. The summed E-state index contributed by atoms with van der Waals surface area (Å²) >= 11 is 6.09. The summed E-state index contributed by atoms with van der Waals surface area (Å²) in [4.78, 5) is 24.9. The molecule has 5 nitrogen and oxygen atoms in total. The molecule has 1 aliphatic rings. The topological polar surface area (TPSA) is 66.8 Å². The Morgan fingerprint density at radius 2 is 1.91 bits per heavy atom. The van der Waals surface area contributed by atoms with Gasteiger partial charge in [0.2, 0.25) is 0 Å². The summed E-state index contributed by atoms with van der Waals surface area (Å²) < 4.78 is 4.67. The number of nitrogens with zero attached hydrogens (tertiary/aromatic N) is 1. The van der Waals surface area contributed by atoms with Crippen LogP contribution in [0, 0.1) is 0 Å². The first-order chi connectivity index (χ1) is 11.0. The Kier molecular flexibility index (Phi) is 4.21. The van der Waals surface area contributed by atoms with Crippen LogP contribution in [-0.2, 0) is 13.0 Å². The minimum absolute atomic E-state index is 0.134. The van der Waals surface area contributed by atoms with Gasteiger partial charge in [-0.1, -0.05) is 29.8 Å². The Bertz CT molecular complexity index is 775. The molecule has 2 aromatic carbocycles. The average Bonchev–Trinajstić information content (AvgIpc) is 2.53. The molecule has 2 aromatic rings. The van der Waals surface area contributed by atoms with Gasteiger partial charge in [0.05, 0.1) is 10.6 Å². The molecule has 1 heterocycles. The van der Waals surface area contributed by atoms with Crippen molar-refractivity contribution in [1.29, 1.82) is 0 Å². The molecule has 0 fully saturated rings. The fraction of sp³-hybridized carbons (Fsp3) is 0.176. The molecule has 0 radical (unpaired) electrons. The van der Waals surface area contributed by atoms with E-state index in [4.69, 9.17) is 16.7 Å². The molecule has 23 heavy (non-hydrogen) atoms. The maximum absolute atomic E-state index is 12.6. The summed E-state index contributed by atoms with van der Waals surface area (Å²) in [5, 5.41) is 9.11. The van der Waals surface area contributed by atoms with Crippen LogP contribution in [0.1, 0.15) is 21.5 Å². The highest BCUT2D eigenvalue weighted by atomic mass is 35.5. The standard InChI is InChI=1S/C17H14ClNO4/c18-15-4-2-1-3-14(15)16(20)19-8-7-11-5-6-13(23-17(21)22)9-12(11)10-19/h1-6,9H,7-8,10H2,(H,21,22). The van der Waals surface area contributed by atoms with Crippen molar-refractivity contribution in [3.8, 4) is 5.75 Å². The van der Waals surface area contributed by atoms with E-state index in [1.165, 1.54) is 0 Å². The van der Waals surface area contributed by atoms with E-state index in [1.807, 2.05) is 6.07 Å². The monoisotopic (exact) mass is 331 g/mol. The molecular formula is C17H14ClNO4. The zero-order valence-corrected chi connectivity index (χ0v) is 12.9. The van der Waals surface area contributed by atoms with Crippen LogP contribution < -0.4 is 4.74 Å². The molecule has 0 saturated heterocycles. The number of hydrogen-bond acceptors (Lipinski definition) is 3. The van der Waals surface area contributed by atoms with Crippen molar-refractivity contribution < 1.29 is 19.4 Å². The molecule has 0 spiro atoms. The van der Waals surface area contributed by atoms with Crippen LogP contribution in [0.3, 0.4) is 0 Å². The third-order valence-electron chi connectivity index (χ3n) is 3.79. The van der Waals surface area contributed by atoms with Gasteiger partial charge in [-0.2, -0.15) is 0 Å². The number of carbonyl (C=O) groups is 2. The molecule has 118 valence electrons. The minimum atomic E-state index is -1.36. The molecule has 0 bridgehead atoms. The zero-order valence-electron chi connectivity index (χ0n) is 12.2. The predicted octanol–water partition coefficient (Wildman–Crippen LogP) is 3.60. The molecule has 1 amide bonds. The summed E-state index contributed by atoms with van der Waals surface area (Å²) in [5.41, 5.74) is 2.44. The van der Waals surface area contributed by atoms with E-state index in [-0.39, 0.29) is 11.7 Å². The second-order valence-electron chi connectivity index (χ2n) is 5.26. The Morgan fingerprint density at radius 3 is 2.65 bits per heavy atom. The SMILES string of the molecule is O=C(O)Oc1ccc2c(c1)CN(C(=O)c1ccccc1Cl)CC2. The van der Waals surface area contributed by atoms with Crippen molar-refractivity contribution in [2.75, 3.05) is 6.54 Å². The molecule has 1 N–H and O–H groups in total. The van der Waals surface area contributed by atoms with Crippen molar-refractivity contribution in [3.63, 3.8) is 0 Å². The highest BCUT2D eigenvalue weighted by Crippen LogP contribution is 2.26. The summed E-state index contributed by atoms with van der Waals surface area (Å²) in [5.74, 6) is 0.120. The number of hydrogen-bond donors (Lipinski definition) is 1. The van der Waals surface area contributed by atoms with Gasteiger partial charge in [0, 0.05) is 13.1 Å². The van der Waals surface area contributed by atoms with E-state index in [9.17, 15) is 9.59 Å². The van der Waals surface area contributed by atoms with Crippen LogP contribution in [0.15, 0.2) is 42.5 Å². The smallest absolute Gasteiger partial charge is 0.449 e. The number of rotatable bonds is 2. The van der Waals surface area contributed by atoms with Crippen molar-refractivity contribution >= 4 is 23.7 Å². The van der Waals surface area contributed by atoms with Gasteiger partial charge in [-0.15, -0.1) is 0 Å². The van der Waals surface area contributed by atoms with Crippen molar-refractivity contribution in [2.45, 2.75) is 13.0 Å². The second-order valence-corrected chi connectivity index (χ2v) is 5.66. The van der Waals surface area contributed by atoms with E-state index in [0.717, 1.165) is 11.1 Å². The lowest BCUT2D eigenvalue weighted by Gasteiger charge is -2.29. The highest BCUT2D eigenvalue weighted by Gasteiger charge is 2.23. The van der Waals surface area contributed by atoms with Gasteiger partial charge in [0.1, 0.15) is 5.75 Å². The van der Waals surface area contributed by atoms with Crippen LogP contribution >= 0.6 is 11.6 Å². The molecule has 3 rings (SSSR count). The fourth-order valence-electron chi connectivity index (χ4n) is 2.68. The van der Waals surface area contributed by atoms with Gasteiger partial charge in [0.25, 0.3) is 5.91 Å². The first-order valence-corrected chi connectivity index (χ1v) is 7.49. The molecule has 0 saturated carbocycles. The number of carboxylic acid groups (broad SMARTS) is 1. The molecule has 0 aromatic heterocycles. The van der Waals surface area contributed by atoms with Gasteiger partial charge >= 0.3 is 6.16 Å². The minimum Gasteiger partial charge on any atom is -0.449 e. The lowest BCUT2D eigenvalue weighted by Crippen LogP contribution is -2.36. The molecule has 0 atom stereocenters. The van der Waals surface area contributed by atoms with E-state index in [2.05, 4.69) is 4.74 Å². The number of halogens is 1. The fourth-order valence-corrected chi connectivity index (χ4v) is 2.89. The van der Waals surface area contributed by atoms with Crippen LogP contribution in [0.2, 0.25) is 5.02 Å². The maximum Gasteiger partial charge on any atom is 0.511 e. The summed E-state index contributed by atoms with van der Waals surface area (Å²) in [6.07, 6.45) is -0.649. The highest BCUT2D eigenvalue weighted by molar-refractivity contribution is 6.33. The van der Waals surface area contributed by atoms with Crippen LogP contribution in [0.25, 0.3) is 0 Å². The molecule has 1 aliphatic heterocycles. The molecular weight excluding hydrogens is 318 g/mol. The predicted molar refractivity (Wildman–Crippen MR) is 85.0 cm³/mol. The van der Waals surface area contributed by atoms with Crippen LogP contribution in [0.4, 0.5) is 4.79 Å². The van der Waals surface area contributed by atoms with Gasteiger partial charge < -0.3 is 14.7 Å². The van der Waals surface area contributed by atoms with E-state index in [0.29, 0.717) is 30.1 Å². The van der Waals surface area contributed by atoms with Gasteiger partial charge in [0.15, 0.2) is 0 Å². The summed E-state index contributed by atoms with van der Waals surface area (Å²) in [6.45, 7) is 0.992. The molecule has 0 unspecified atom stereocenters. The third kappa shape index (κ3) is 3.29. The first kappa shape index (κ1) is 15.4. The summed E-state index contributed by atoms with van der Waals surface area (Å²) in [7, 11) is 0. The van der Waals surface area contributed by atoms with E-state index < -0.39 is 6.16 Å². The Labute approximate surface area is 138 Å². The number of ether oxygens (including phenoxy) is 1. The third-order valence-corrected chi connectivity index (χ3v) is 4.12. The van der Waals surface area contributed by atoms with Crippen molar-refractivity contribution in [3.05, 3.63) is 64.2 Å². The quantitative estimate of drug-likeness (QED) is 0.674.